The fourth-order valence-electron chi connectivity index (χ4n) is 0.959. The first-order valence-corrected chi connectivity index (χ1v) is 4.43. The standard InChI is InChI=1S/C10H15NO2/c1-2-9(12)7-11-8-3-5-10(13)6-4-8/h3-6,9,11-13H,2,7H2,1H3. The van der Waals surface area contributed by atoms with Crippen LogP contribution in [0.2, 0.25) is 0 Å². The van der Waals surface area contributed by atoms with Crippen molar-refractivity contribution in [2.75, 3.05) is 11.9 Å². The molecule has 0 aliphatic carbocycles. The molecule has 0 saturated carbocycles. The van der Waals surface area contributed by atoms with E-state index in [1.165, 1.54) is 0 Å². The van der Waals surface area contributed by atoms with Crippen LogP contribution in [0.5, 0.6) is 5.75 Å². The van der Waals surface area contributed by atoms with Gasteiger partial charge in [0.25, 0.3) is 0 Å². The van der Waals surface area contributed by atoms with Crippen molar-refractivity contribution < 1.29 is 10.2 Å². The predicted octanol–water partition coefficient (Wildman–Crippen LogP) is 1.57. The second kappa shape index (κ2) is 4.72. The average molecular weight is 181 g/mol. The zero-order valence-electron chi connectivity index (χ0n) is 7.70. The van der Waals surface area contributed by atoms with Crippen LogP contribution in [0.25, 0.3) is 0 Å². The number of nitrogens with one attached hydrogen (secondary N) is 1. The van der Waals surface area contributed by atoms with Crippen LogP contribution in [0.3, 0.4) is 0 Å². The molecule has 13 heavy (non-hydrogen) atoms. The van der Waals surface area contributed by atoms with E-state index in [9.17, 15) is 5.11 Å². The van der Waals surface area contributed by atoms with Crippen molar-refractivity contribution in [2.45, 2.75) is 19.4 Å². The molecule has 1 rings (SSSR count). The van der Waals surface area contributed by atoms with Crippen LogP contribution < -0.4 is 5.32 Å². The molecule has 3 heteroatoms. The van der Waals surface area contributed by atoms with Crippen molar-refractivity contribution in [1.82, 2.24) is 0 Å². The number of aromatic hydroxyl groups is 1. The summed E-state index contributed by atoms with van der Waals surface area (Å²) < 4.78 is 0. The van der Waals surface area contributed by atoms with Gasteiger partial charge in [0.15, 0.2) is 0 Å². The Bertz CT molecular complexity index is 246. The van der Waals surface area contributed by atoms with E-state index in [0.717, 1.165) is 12.1 Å². The summed E-state index contributed by atoms with van der Waals surface area (Å²) in [6, 6.07) is 6.77. The summed E-state index contributed by atoms with van der Waals surface area (Å²) in [4.78, 5) is 0. The molecule has 0 heterocycles. The Morgan fingerprint density at radius 2 is 1.92 bits per heavy atom. The molecule has 0 saturated heterocycles. The summed E-state index contributed by atoms with van der Waals surface area (Å²) in [5.74, 6) is 0.251. The van der Waals surface area contributed by atoms with Gasteiger partial charge < -0.3 is 15.5 Å². The monoisotopic (exact) mass is 181 g/mol. The number of benzene rings is 1. The lowest BCUT2D eigenvalue weighted by molar-refractivity contribution is 0.183. The Balaban J connectivity index is 2.41. The van der Waals surface area contributed by atoms with E-state index in [1.807, 2.05) is 6.92 Å². The molecule has 3 nitrogen and oxygen atoms in total. The summed E-state index contributed by atoms with van der Waals surface area (Å²) in [6.45, 7) is 2.48. The molecule has 3 N–H and O–H groups in total. The number of anilines is 1. The second-order valence-electron chi connectivity index (χ2n) is 2.99. The van der Waals surface area contributed by atoms with Gasteiger partial charge in [-0.25, -0.2) is 0 Å². The fourth-order valence-corrected chi connectivity index (χ4v) is 0.959. The van der Waals surface area contributed by atoms with E-state index in [-0.39, 0.29) is 11.9 Å². The van der Waals surface area contributed by atoms with E-state index in [2.05, 4.69) is 5.32 Å². The van der Waals surface area contributed by atoms with Gasteiger partial charge in [-0.1, -0.05) is 6.92 Å². The van der Waals surface area contributed by atoms with Crippen molar-refractivity contribution in [3.63, 3.8) is 0 Å². The molecule has 0 amide bonds. The van der Waals surface area contributed by atoms with Gasteiger partial charge in [-0.2, -0.15) is 0 Å². The number of rotatable bonds is 4. The minimum atomic E-state index is -0.311. The fraction of sp³-hybridized carbons (Fsp3) is 0.400. The van der Waals surface area contributed by atoms with Crippen molar-refractivity contribution in [2.24, 2.45) is 0 Å². The van der Waals surface area contributed by atoms with Crippen molar-refractivity contribution in [3.05, 3.63) is 24.3 Å². The molecule has 1 unspecified atom stereocenters. The van der Waals surface area contributed by atoms with Gasteiger partial charge in [0.1, 0.15) is 5.75 Å². The maximum atomic E-state index is 9.26. The molecular weight excluding hydrogens is 166 g/mol. The van der Waals surface area contributed by atoms with Gasteiger partial charge in [-0.05, 0) is 30.7 Å². The van der Waals surface area contributed by atoms with Crippen molar-refractivity contribution >= 4 is 5.69 Å². The maximum absolute atomic E-state index is 9.26. The van der Waals surface area contributed by atoms with Crippen molar-refractivity contribution in [1.29, 1.82) is 0 Å². The Hall–Kier alpha value is -1.22. The smallest absolute Gasteiger partial charge is 0.115 e. The van der Waals surface area contributed by atoms with E-state index >= 15 is 0 Å². The first-order chi connectivity index (χ1) is 6.22. The summed E-state index contributed by atoms with van der Waals surface area (Å²) in [5.41, 5.74) is 0.908. The quantitative estimate of drug-likeness (QED) is 0.618. The van der Waals surface area contributed by atoms with Crippen LogP contribution >= 0.6 is 0 Å². The molecule has 72 valence electrons. The number of hydrogen-bond acceptors (Lipinski definition) is 3. The molecule has 1 aromatic carbocycles. The van der Waals surface area contributed by atoms with Crippen molar-refractivity contribution in [3.8, 4) is 5.75 Å². The molecule has 0 fully saturated rings. The Labute approximate surface area is 78.0 Å². The number of aliphatic hydroxyl groups is 1. The van der Waals surface area contributed by atoms with Gasteiger partial charge in [-0.3, -0.25) is 0 Å². The zero-order chi connectivity index (χ0) is 9.68. The molecule has 0 bridgehead atoms. The third-order valence-corrected chi connectivity index (χ3v) is 1.88. The minimum Gasteiger partial charge on any atom is -0.508 e. The number of hydrogen-bond donors (Lipinski definition) is 3. The third-order valence-electron chi connectivity index (χ3n) is 1.88. The van der Waals surface area contributed by atoms with Crippen LogP contribution in [-0.2, 0) is 0 Å². The van der Waals surface area contributed by atoms with Gasteiger partial charge in [0, 0.05) is 12.2 Å². The zero-order valence-corrected chi connectivity index (χ0v) is 7.70. The van der Waals surface area contributed by atoms with Crippen LogP contribution in [0.4, 0.5) is 5.69 Å². The topological polar surface area (TPSA) is 52.5 Å². The first-order valence-electron chi connectivity index (χ1n) is 4.43. The highest BCUT2D eigenvalue weighted by Crippen LogP contribution is 2.13. The summed E-state index contributed by atoms with van der Waals surface area (Å²) in [7, 11) is 0. The molecule has 1 aromatic rings. The Morgan fingerprint density at radius 1 is 1.31 bits per heavy atom. The molecule has 0 spiro atoms. The van der Waals surface area contributed by atoms with Gasteiger partial charge >= 0.3 is 0 Å². The molecule has 1 atom stereocenters. The summed E-state index contributed by atoms with van der Waals surface area (Å²) in [5, 5.41) is 21.3. The van der Waals surface area contributed by atoms with E-state index in [1.54, 1.807) is 24.3 Å². The van der Waals surface area contributed by atoms with Crippen LogP contribution in [0, 0.1) is 0 Å². The summed E-state index contributed by atoms with van der Waals surface area (Å²) >= 11 is 0. The number of aliphatic hydroxyl groups excluding tert-OH is 1. The minimum absolute atomic E-state index is 0.251. The number of phenols is 1. The SMILES string of the molecule is CCC(O)CNc1ccc(O)cc1. The predicted molar refractivity (Wildman–Crippen MR) is 52.9 cm³/mol. The Morgan fingerprint density at radius 3 is 2.46 bits per heavy atom. The van der Waals surface area contributed by atoms with E-state index in [0.29, 0.717) is 6.54 Å². The molecule has 0 aliphatic heterocycles. The highest BCUT2D eigenvalue weighted by molar-refractivity contribution is 5.45. The lowest BCUT2D eigenvalue weighted by Crippen LogP contribution is -2.17. The lowest BCUT2D eigenvalue weighted by Gasteiger charge is -2.10. The first kappa shape index (κ1) is 9.86. The van der Waals surface area contributed by atoms with E-state index < -0.39 is 0 Å². The number of phenolic OH excluding ortho intramolecular Hbond substituents is 1. The van der Waals surface area contributed by atoms with Crippen LogP contribution in [0.1, 0.15) is 13.3 Å². The van der Waals surface area contributed by atoms with Gasteiger partial charge in [0.05, 0.1) is 6.10 Å². The highest BCUT2D eigenvalue weighted by Gasteiger charge is 1.99. The van der Waals surface area contributed by atoms with Gasteiger partial charge in [0.2, 0.25) is 0 Å². The third kappa shape index (κ3) is 3.34. The summed E-state index contributed by atoms with van der Waals surface area (Å²) in [6.07, 6.45) is 0.430. The molecular formula is C10H15NO2. The second-order valence-corrected chi connectivity index (χ2v) is 2.99. The molecule has 0 aromatic heterocycles. The largest absolute Gasteiger partial charge is 0.508 e. The normalized spacial score (nSPS) is 12.5. The maximum Gasteiger partial charge on any atom is 0.115 e. The highest BCUT2D eigenvalue weighted by atomic mass is 16.3. The van der Waals surface area contributed by atoms with Crippen LogP contribution in [-0.4, -0.2) is 22.9 Å². The lowest BCUT2D eigenvalue weighted by atomic mass is 10.2. The average Bonchev–Trinajstić information content (AvgIpc) is 2.16. The van der Waals surface area contributed by atoms with Crippen LogP contribution in [0.15, 0.2) is 24.3 Å². The van der Waals surface area contributed by atoms with E-state index in [4.69, 9.17) is 5.11 Å². The Kier molecular flexibility index (Phi) is 3.58. The van der Waals surface area contributed by atoms with Gasteiger partial charge in [-0.15, -0.1) is 0 Å². The molecule has 0 radical (unpaired) electrons. The molecule has 0 aliphatic rings.